The zero-order valence-corrected chi connectivity index (χ0v) is 15.4. The number of hydrogen-bond acceptors (Lipinski definition) is 4. The van der Waals surface area contributed by atoms with Gasteiger partial charge in [0.15, 0.2) is 0 Å². The molecule has 1 aromatic heterocycles. The lowest BCUT2D eigenvalue weighted by Crippen LogP contribution is -2.15. The van der Waals surface area contributed by atoms with Gasteiger partial charge in [-0.05, 0) is 35.1 Å². The van der Waals surface area contributed by atoms with E-state index in [2.05, 4.69) is 10.2 Å². The molecule has 0 aliphatic heterocycles. The van der Waals surface area contributed by atoms with E-state index in [0.717, 1.165) is 22.2 Å². The van der Waals surface area contributed by atoms with Crippen molar-refractivity contribution in [2.24, 2.45) is 0 Å². The van der Waals surface area contributed by atoms with Crippen molar-refractivity contribution < 1.29 is 15.0 Å². The van der Waals surface area contributed by atoms with Crippen LogP contribution in [0.2, 0.25) is 0 Å². The Balaban J connectivity index is 2.21. The van der Waals surface area contributed by atoms with E-state index in [1.54, 1.807) is 6.07 Å². The number of benzene rings is 2. The number of aromatic nitrogens is 3. The molecule has 0 aliphatic carbocycles. The van der Waals surface area contributed by atoms with Crippen molar-refractivity contribution in [1.82, 2.24) is 15.0 Å². The third-order valence-corrected chi connectivity index (χ3v) is 4.47. The Labute approximate surface area is 152 Å². The van der Waals surface area contributed by atoms with E-state index >= 15 is 0 Å². The Morgan fingerprint density at radius 1 is 1.15 bits per heavy atom. The first-order chi connectivity index (χ1) is 12.2. The van der Waals surface area contributed by atoms with E-state index in [4.69, 9.17) is 5.11 Å². The Bertz CT molecular complexity index is 937. The molecule has 0 aliphatic rings. The van der Waals surface area contributed by atoms with Crippen LogP contribution in [0.15, 0.2) is 36.4 Å². The maximum atomic E-state index is 11.1. The highest BCUT2D eigenvalue weighted by Gasteiger charge is 2.25. The molecule has 6 heteroatoms. The molecule has 3 rings (SSSR count). The predicted octanol–water partition coefficient (Wildman–Crippen LogP) is 4.00. The largest absolute Gasteiger partial charge is 0.505 e. The quantitative estimate of drug-likeness (QED) is 0.740. The summed E-state index contributed by atoms with van der Waals surface area (Å²) in [6.07, 6.45) is 0.0162. The Hall–Kier alpha value is -2.89. The molecular formula is C20H23N3O3. The molecular weight excluding hydrogens is 330 g/mol. The standard InChI is InChI=1S/C20H23N3O3/c1-12(9-18(24)25)13-10-14(20(2,3)4)19(26)17(11-13)23-21-15-7-5-6-8-16(15)22-23/h5-8,10-12,26H,9H2,1-4H3,(H,24,25). The Morgan fingerprint density at radius 3 is 2.23 bits per heavy atom. The fourth-order valence-electron chi connectivity index (χ4n) is 3.00. The highest BCUT2D eigenvalue weighted by molar-refractivity contribution is 5.74. The van der Waals surface area contributed by atoms with E-state index in [0.29, 0.717) is 5.69 Å². The van der Waals surface area contributed by atoms with E-state index in [1.165, 1.54) is 4.80 Å². The van der Waals surface area contributed by atoms with Gasteiger partial charge in [0.2, 0.25) is 0 Å². The van der Waals surface area contributed by atoms with Gasteiger partial charge in [0.25, 0.3) is 0 Å². The van der Waals surface area contributed by atoms with E-state index in [-0.39, 0.29) is 23.5 Å². The van der Waals surface area contributed by atoms with Crippen LogP contribution in [0.5, 0.6) is 5.75 Å². The van der Waals surface area contributed by atoms with Crippen LogP contribution in [0.3, 0.4) is 0 Å². The van der Waals surface area contributed by atoms with Crippen molar-refractivity contribution in [2.75, 3.05) is 0 Å². The van der Waals surface area contributed by atoms with Crippen LogP contribution in [0.4, 0.5) is 0 Å². The minimum absolute atomic E-state index is 0.0162. The van der Waals surface area contributed by atoms with Crippen molar-refractivity contribution in [1.29, 1.82) is 0 Å². The summed E-state index contributed by atoms with van der Waals surface area (Å²) in [5.74, 6) is -0.936. The third-order valence-electron chi connectivity index (χ3n) is 4.47. The van der Waals surface area contributed by atoms with Gasteiger partial charge in [0.1, 0.15) is 22.5 Å². The van der Waals surface area contributed by atoms with Crippen LogP contribution in [-0.4, -0.2) is 31.2 Å². The minimum atomic E-state index is -0.854. The lowest BCUT2D eigenvalue weighted by Gasteiger charge is -2.24. The van der Waals surface area contributed by atoms with Gasteiger partial charge in [-0.1, -0.05) is 45.9 Å². The second kappa shape index (κ2) is 6.44. The topological polar surface area (TPSA) is 88.2 Å². The number of fused-ring (bicyclic) bond motifs is 1. The molecule has 0 saturated carbocycles. The minimum Gasteiger partial charge on any atom is -0.505 e. The lowest BCUT2D eigenvalue weighted by atomic mass is 9.83. The van der Waals surface area contributed by atoms with Gasteiger partial charge in [-0.2, -0.15) is 0 Å². The lowest BCUT2D eigenvalue weighted by molar-refractivity contribution is -0.137. The summed E-state index contributed by atoms with van der Waals surface area (Å²) in [7, 11) is 0. The summed E-state index contributed by atoms with van der Waals surface area (Å²) in [5, 5.41) is 28.9. The molecule has 2 N–H and O–H groups in total. The van der Waals surface area contributed by atoms with Crippen LogP contribution in [-0.2, 0) is 10.2 Å². The number of aromatic hydroxyl groups is 1. The number of hydrogen-bond donors (Lipinski definition) is 2. The molecule has 0 bridgehead atoms. The van der Waals surface area contributed by atoms with Gasteiger partial charge < -0.3 is 10.2 Å². The van der Waals surface area contributed by atoms with Crippen LogP contribution in [0.1, 0.15) is 51.2 Å². The van der Waals surface area contributed by atoms with Gasteiger partial charge in [0.05, 0.1) is 6.42 Å². The molecule has 1 unspecified atom stereocenters. The number of nitrogens with zero attached hydrogens (tertiary/aromatic N) is 3. The van der Waals surface area contributed by atoms with Crippen LogP contribution in [0, 0.1) is 0 Å². The monoisotopic (exact) mass is 353 g/mol. The summed E-state index contributed by atoms with van der Waals surface area (Å²) in [5.41, 5.74) is 3.18. The first-order valence-electron chi connectivity index (χ1n) is 8.58. The summed E-state index contributed by atoms with van der Waals surface area (Å²) >= 11 is 0. The number of phenols is 1. The first-order valence-corrected chi connectivity index (χ1v) is 8.58. The molecule has 26 heavy (non-hydrogen) atoms. The van der Waals surface area contributed by atoms with E-state index < -0.39 is 5.97 Å². The molecule has 1 heterocycles. The molecule has 0 fully saturated rings. The van der Waals surface area contributed by atoms with Crippen LogP contribution >= 0.6 is 0 Å². The zero-order chi connectivity index (χ0) is 19.1. The second-order valence-corrected chi connectivity index (χ2v) is 7.66. The van der Waals surface area contributed by atoms with Gasteiger partial charge in [-0.3, -0.25) is 4.79 Å². The number of aliphatic carboxylic acids is 1. The number of carboxylic acid groups (broad SMARTS) is 1. The molecule has 2 aromatic carbocycles. The van der Waals surface area contributed by atoms with Crippen molar-refractivity contribution in [3.05, 3.63) is 47.5 Å². The van der Waals surface area contributed by atoms with Gasteiger partial charge >= 0.3 is 5.97 Å². The molecule has 0 spiro atoms. The van der Waals surface area contributed by atoms with E-state index in [9.17, 15) is 9.90 Å². The number of rotatable bonds is 4. The molecule has 0 radical (unpaired) electrons. The third kappa shape index (κ3) is 3.40. The second-order valence-electron chi connectivity index (χ2n) is 7.66. The number of carbonyl (C=O) groups is 1. The SMILES string of the molecule is CC(CC(=O)O)c1cc(-n2nc3ccccc3n2)c(O)c(C(C)(C)C)c1. The normalized spacial score (nSPS) is 13.1. The van der Waals surface area contributed by atoms with Crippen molar-refractivity contribution in [2.45, 2.75) is 45.4 Å². The van der Waals surface area contributed by atoms with Crippen LogP contribution in [0.25, 0.3) is 16.7 Å². The van der Waals surface area contributed by atoms with Crippen molar-refractivity contribution >= 4 is 17.0 Å². The Kier molecular flexibility index (Phi) is 4.44. The first kappa shape index (κ1) is 17.9. The average Bonchev–Trinajstić information content (AvgIpc) is 2.96. The average molecular weight is 353 g/mol. The maximum absolute atomic E-state index is 11.1. The fraction of sp³-hybridized carbons (Fsp3) is 0.350. The fourth-order valence-corrected chi connectivity index (χ4v) is 3.00. The summed E-state index contributed by atoms with van der Waals surface area (Å²) < 4.78 is 0. The molecule has 3 aromatic rings. The number of carboxylic acids is 1. The van der Waals surface area contributed by atoms with E-state index in [1.807, 2.05) is 58.0 Å². The van der Waals surface area contributed by atoms with Crippen molar-refractivity contribution in [3.8, 4) is 11.4 Å². The summed E-state index contributed by atoms with van der Waals surface area (Å²) in [4.78, 5) is 12.5. The van der Waals surface area contributed by atoms with Gasteiger partial charge in [0, 0.05) is 5.56 Å². The molecule has 0 saturated heterocycles. The highest BCUT2D eigenvalue weighted by Crippen LogP contribution is 2.38. The summed E-state index contributed by atoms with van der Waals surface area (Å²) in [6.45, 7) is 7.88. The smallest absolute Gasteiger partial charge is 0.303 e. The molecule has 0 amide bonds. The number of phenolic OH excluding ortho intramolecular Hbond substituents is 1. The Morgan fingerprint density at radius 2 is 1.73 bits per heavy atom. The van der Waals surface area contributed by atoms with Gasteiger partial charge in [-0.15, -0.1) is 15.0 Å². The molecule has 136 valence electrons. The molecule has 1 atom stereocenters. The van der Waals surface area contributed by atoms with Gasteiger partial charge in [-0.25, -0.2) is 0 Å². The molecule has 6 nitrogen and oxygen atoms in total. The zero-order valence-electron chi connectivity index (χ0n) is 15.4. The highest BCUT2D eigenvalue weighted by atomic mass is 16.4. The van der Waals surface area contributed by atoms with Crippen molar-refractivity contribution in [3.63, 3.8) is 0 Å². The van der Waals surface area contributed by atoms with Crippen LogP contribution < -0.4 is 0 Å². The maximum Gasteiger partial charge on any atom is 0.303 e. The predicted molar refractivity (Wildman–Crippen MR) is 99.9 cm³/mol. The summed E-state index contributed by atoms with van der Waals surface area (Å²) in [6, 6.07) is 11.1.